The van der Waals surface area contributed by atoms with E-state index in [1.807, 2.05) is 13.8 Å². The van der Waals surface area contributed by atoms with E-state index in [0.29, 0.717) is 5.75 Å². The summed E-state index contributed by atoms with van der Waals surface area (Å²) in [4.78, 5) is 22.8. The monoisotopic (exact) mass is 307 g/mol. The number of carboxylic acids is 1. The van der Waals surface area contributed by atoms with Gasteiger partial charge < -0.3 is 15.2 Å². The van der Waals surface area contributed by atoms with Crippen molar-refractivity contribution in [1.82, 2.24) is 0 Å². The van der Waals surface area contributed by atoms with Gasteiger partial charge in [-0.2, -0.15) is 0 Å². The third-order valence-corrected chi connectivity index (χ3v) is 3.59. The lowest BCUT2D eigenvalue weighted by Gasteiger charge is -2.16. The highest BCUT2D eigenvalue weighted by Gasteiger charge is 2.16. The number of hydrogen-bond acceptors (Lipinski definition) is 3. The largest absolute Gasteiger partial charge is 0.482 e. The van der Waals surface area contributed by atoms with Crippen molar-refractivity contribution in [1.29, 1.82) is 0 Å². The Hall–Kier alpha value is -2.04. The second-order valence-electron chi connectivity index (χ2n) is 5.40. The van der Waals surface area contributed by atoms with Crippen molar-refractivity contribution >= 4 is 17.6 Å². The first-order valence-electron chi connectivity index (χ1n) is 7.74. The number of anilines is 1. The highest BCUT2D eigenvalue weighted by molar-refractivity contribution is 5.93. The van der Waals surface area contributed by atoms with Crippen LogP contribution >= 0.6 is 0 Å². The molecule has 0 aliphatic rings. The average molecular weight is 307 g/mol. The number of unbranched alkanes of at least 4 members (excludes halogenated alkanes) is 1. The van der Waals surface area contributed by atoms with Crippen LogP contribution in [0.4, 0.5) is 5.69 Å². The van der Waals surface area contributed by atoms with Crippen LogP contribution in [-0.4, -0.2) is 23.6 Å². The summed E-state index contributed by atoms with van der Waals surface area (Å²) in [6.07, 6.45) is 3.85. The first-order chi connectivity index (χ1) is 10.5. The molecule has 0 saturated heterocycles. The Labute approximate surface area is 131 Å². The van der Waals surface area contributed by atoms with Crippen molar-refractivity contribution in [3.8, 4) is 5.75 Å². The molecule has 0 radical (unpaired) electrons. The Kier molecular flexibility index (Phi) is 7.43. The van der Waals surface area contributed by atoms with Gasteiger partial charge in [-0.25, -0.2) is 4.79 Å². The van der Waals surface area contributed by atoms with Gasteiger partial charge >= 0.3 is 5.97 Å². The molecule has 0 heterocycles. The summed E-state index contributed by atoms with van der Waals surface area (Å²) < 4.78 is 5.12. The molecule has 0 bridgehead atoms. The summed E-state index contributed by atoms with van der Waals surface area (Å²) >= 11 is 0. The van der Waals surface area contributed by atoms with Crippen LogP contribution in [-0.2, 0) is 9.59 Å². The molecule has 5 nitrogen and oxygen atoms in total. The van der Waals surface area contributed by atoms with Crippen molar-refractivity contribution in [2.24, 2.45) is 5.92 Å². The van der Waals surface area contributed by atoms with E-state index < -0.39 is 5.97 Å². The smallest absolute Gasteiger partial charge is 0.341 e. The predicted molar refractivity (Wildman–Crippen MR) is 86.2 cm³/mol. The van der Waals surface area contributed by atoms with E-state index in [2.05, 4.69) is 12.2 Å². The Balaban J connectivity index is 2.68. The maximum atomic E-state index is 12.3. The molecule has 0 aliphatic carbocycles. The summed E-state index contributed by atoms with van der Waals surface area (Å²) in [5, 5.41) is 11.5. The fourth-order valence-electron chi connectivity index (χ4n) is 2.22. The van der Waals surface area contributed by atoms with Crippen LogP contribution in [0.2, 0.25) is 0 Å². The number of rotatable bonds is 9. The summed E-state index contributed by atoms with van der Waals surface area (Å²) in [5.41, 5.74) is 1.59. The normalized spacial score (nSPS) is 11.8. The SMILES string of the molecule is CCCCC(CC)C(=O)Nc1ccc(OCC(=O)O)cc1C. The zero-order valence-electron chi connectivity index (χ0n) is 13.5. The molecule has 122 valence electrons. The van der Waals surface area contributed by atoms with E-state index in [9.17, 15) is 9.59 Å². The van der Waals surface area contributed by atoms with Crippen LogP contribution < -0.4 is 10.1 Å². The molecule has 0 aromatic heterocycles. The molecular weight excluding hydrogens is 282 g/mol. The van der Waals surface area contributed by atoms with Gasteiger partial charge in [0.25, 0.3) is 0 Å². The van der Waals surface area contributed by atoms with E-state index in [-0.39, 0.29) is 18.4 Å². The van der Waals surface area contributed by atoms with Gasteiger partial charge in [0.05, 0.1) is 0 Å². The van der Waals surface area contributed by atoms with Crippen LogP contribution in [0.5, 0.6) is 5.75 Å². The lowest BCUT2D eigenvalue weighted by Crippen LogP contribution is -2.22. The van der Waals surface area contributed by atoms with E-state index in [1.165, 1.54) is 0 Å². The zero-order chi connectivity index (χ0) is 16.5. The van der Waals surface area contributed by atoms with Crippen LogP contribution in [0.15, 0.2) is 18.2 Å². The Bertz CT molecular complexity index is 513. The number of carbonyl (C=O) groups is 2. The molecule has 1 aromatic carbocycles. The molecule has 22 heavy (non-hydrogen) atoms. The first kappa shape index (κ1) is 18.0. The number of carbonyl (C=O) groups excluding carboxylic acids is 1. The lowest BCUT2D eigenvalue weighted by molar-refractivity contribution is -0.139. The minimum absolute atomic E-state index is 0.0299. The first-order valence-corrected chi connectivity index (χ1v) is 7.74. The third-order valence-electron chi connectivity index (χ3n) is 3.59. The quantitative estimate of drug-likeness (QED) is 0.730. The Morgan fingerprint density at radius 1 is 1.32 bits per heavy atom. The number of ether oxygens (including phenoxy) is 1. The molecule has 2 N–H and O–H groups in total. The van der Waals surface area contributed by atoms with Crippen molar-refractivity contribution in [3.63, 3.8) is 0 Å². The van der Waals surface area contributed by atoms with Gasteiger partial charge in [-0.05, 0) is 43.5 Å². The van der Waals surface area contributed by atoms with Gasteiger partial charge in [-0.1, -0.05) is 26.7 Å². The van der Waals surface area contributed by atoms with Crippen LogP contribution in [0.3, 0.4) is 0 Å². The summed E-state index contributed by atoms with van der Waals surface area (Å²) in [5.74, 6) is -0.465. The minimum Gasteiger partial charge on any atom is -0.482 e. The molecule has 1 atom stereocenters. The van der Waals surface area contributed by atoms with Gasteiger partial charge in [0.15, 0.2) is 6.61 Å². The van der Waals surface area contributed by atoms with Crippen LogP contribution in [0, 0.1) is 12.8 Å². The summed E-state index contributed by atoms with van der Waals surface area (Å²) in [6, 6.07) is 5.14. The van der Waals surface area contributed by atoms with Gasteiger partial charge in [0.2, 0.25) is 5.91 Å². The highest BCUT2D eigenvalue weighted by Crippen LogP contribution is 2.23. The topological polar surface area (TPSA) is 75.6 Å². The summed E-state index contributed by atoms with van der Waals surface area (Å²) in [6.45, 7) is 5.62. The van der Waals surface area contributed by atoms with Crippen LogP contribution in [0.1, 0.15) is 45.1 Å². The lowest BCUT2D eigenvalue weighted by atomic mass is 9.98. The molecule has 5 heteroatoms. The van der Waals surface area contributed by atoms with E-state index >= 15 is 0 Å². The summed E-state index contributed by atoms with van der Waals surface area (Å²) in [7, 11) is 0. The van der Waals surface area contributed by atoms with Gasteiger partial charge in [-0.15, -0.1) is 0 Å². The predicted octanol–water partition coefficient (Wildman–Crippen LogP) is 3.61. The molecular formula is C17H25NO4. The molecule has 1 rings (SSSR count). The van der Waals surface area contributed by atoms with Gasteiger partial charge in [0, 0.05) is 11.6 Å². The fraction of sp³-hybridized carbons (Fsp3) is 0.529. The zero-order valence-corrected chi connectivity index (χ0v) is 13.5. The average Bonchev–Trinajstić information content (AvgIpc) is 2.48. The number of benzene rings is 1. The molecule has 0 saturated carbocycles. The number of aliphatic carboxylic acids is 1. The molecule has 1 unspecified atom stereocenters. The van der Waals surface area contributed by atoms with E-state index in [4.69, 9.17) is 9.84 Å². The fourth-order valence-corrected chi connectivity index (χ4v) is 2.22. The van der Waals surface area contributed by atoms with Crippen molar-refractivity contribution < 1.29 is 19.4 Å². The second kappa shape index (κ2) is 9.07. The molecule has 1 aromatic rings. The number of carboxylic acid groups (broad SMARTS) is 1. The third kappa shape index (κ3) is 5.76. The minimum atomic E-state index is -1.02. The van der Waals surface area contributed by atoms with Crippen molar-refractivity contribution in [2.75, 3.05) is 11.9 Å². The van der Waals surface area contributed by atoms with Gasteiger partial charge in [0.1, 0.15) is 5.75 Å². The van der Waals surface area contributed by atoms with Gasteiger partial charge in [-0.3, -0.25) is 4.79 Å². The Morgan fingerprint density at radius 3 is 2.59 bits per heavy atom. The van der Waals surface area contributed by atoms with Crippen LogP contribution in [0.25, 0.3) is 0 Å². The van der Waals surface area contributed by atoms with E-state index in [0.717, 1.165) is 36.9 Å². The number of nitrogens with one attached hydrogen (secondary N) is 1. The second-order valence-corrected chi connectivity index (χ2v) is 5.40. The molecule has 0 aliphatic heterocycles. The number of amides is 1. The Morgan fingerprint density at radius 2 is 2.05 bits per heavy atom. The number of aryl methyl sites for hydroxylation is 1. The highest BCUT2D eigenvalue weighted by atomic mass is 16.5. The maximum Gasteiger partial charge on any atom is 0.341 e. The maximum absolute atomic E-state index is 12.3. The molecule has 0 spiro atoms. The van der Waals surface area contributed by atoms with E-state index in [1.54, 1.807) is 18.2 Å². The van der Waals surface area contributed by atoms with Crippen molar-refractivity contribution in [3.05, 3.63) is 23.8 Å². The molecule has 1 amide bonds. The van der Waals surface area contributed by atoms with Crippen molar-refractivity contribution in [2.45, 2.75) is 46.5 Å². The standard InChI is InChI=1S/C17H25NO4/c1-4-6-7-13(5-2)17(21)18-15-9-8-14(10-12(15)3)22-11-16(19)20/h8-10,13H,4-7,11H2,1-3H3,(H,18,21)(H,19,20). The number of hydrogen-bond donors (Lipinski definition) is 2. The molecule has 0 fully saturated rings.